The van der Waals surface area contributed by atoms with Crippen LogP contribution < -0.4 is 0 Å². The number of aryl methyl sites for hydroxylation is 2. The number of aromatic nitrogens is 2. The Labute approximate surface area is 119 Å². The molecule has 0 saturated heterocycles. The fourth-order valence-corrected chi connectivity index (χ4v) is 3.12. The van der Waals surface area contributed by atoms with Crippen LogP contribution in [0.4, 0.5) is 0 Å². The molecule has 2 aromatic heterocycles. The van der Waals surface area contributed by atoms with Crippen LogP contribution in [-0.2, 0) is 26.1 Å². The fraction of sp³-hybridized carbons (Fsp3) is 0.533. The van der Waals surface area contributed by atoms with Crippen molar-refractivity contribution in [3.8, 4) is 0 Å². The van der Waals surface area contributed by atoms with Crippen LogP contribution in [0, 0.1) is 0 Å². The van der Waals surface area contributed by atoms with Gasteiger partial charge in [0.15, 0.2) is 0 Å². The maximum atomic E-state index is 4.34. The third-order valence-corrected chi connectivity index (χ3v) is 4.52. The van der Waals surface area contributed by atoms with Gasteiger partial charge in [0, 0.05) is 41.1 Å². The molecular formula is C15H23N3S. The average Bonchev–Trinajstić information content (AvgIpc) is 3.06. The van der Waals surface area contributed by atoms with Crippen molar-refractivity contribution < 1.29 is 0 Å². The summed E-state index contributed by atoms with van der Waals surface area (Å²) in [5, 5.41) is 4.34. The van der Waals surface area contributed by atoms with E-state index in [1.54, 1.807) is 0 Å². The molecule has 0 bridgehead atoms. The van der Waals surface area contributed by atoms with E-state index in [9.17, 15) is 0 Å². The van der Waals surface area contributed by atoms with Crippen LogP contribution in [0.2, 0.25) is 0 Å². The highest BCUT2D eigenvalue weighted by Crippen LogP contribution is 2.19. The number of rotatable bonds is 7. The minimum atomic E-state index is 0.941. The van der Waals surface area contributed by atoms with Gasteiger partial charge in [-0.05, 0) is 32.0 Å². The van der Waals surface area contributed by atoms with E-state index in [1.165, 1.54) is 15.3 Å². The average molecular weight is 277 g/mol. The standard InChI is InChI=1S/C15H23N3S/c1-4-14-7-8-15(19-14)12-17(5-2)10-13-9-16-18(6-3)11-13/h7-9,11H,4-6,10,12H2,1-3H3. The zero-order valence-electron chi connectivity index (χ0n) is 12.1. The third kappa shape index (κ3) is 3.91. The Hall–Kier alpha value is -1.13. The first kappa shape index (κ1) is 14.3. The Balaban J connectivity index is 1.95. The second kappa shape index (κ2) is 6.87. The minimum absolute atomic E-state index is 0.941. The number of hydrogen-bond acceptors (Lipinski definition) is 3. The van der Waals surface area contributed by atoms with Crippen LogP contribution in [0.15, 0.2) is 24.5 Å². The van der Waals surface area contributed by atoms with Crippen molar-refractivity contribution in [1.29, 1.82) is 0 Å². The molecule has 0 saturated carbocycles. The SMILES string of the molecule is CCc1ccc(CN(CC)Cc2cnn(CC)c2)s1. The molecule has 0 spiro atoms. The highest BCUT2D eigenvalue weighted by atomic mass is 32.1. The second-order valence-electron chi connectivity index (χ2n) is 4.73. The van der Waals surface area contributed by atoms with Crippen molar-refractivity contribution in [2.45, 2.75) is 46.8 Å². The molecule has 19 heavy (non-hydrogen) atoms. The molecule has 0 amide bonds. The second-order valence-corrected chi connectivity index (χ2v) is 5.98. The first-order valence-corrected chi connectivity index (χ1v) is 7.88. The van der Waals surface area contributed by atoms with Gasteiger partial charge in [-0.1, -0.05) is 13.8 Å². The number of nitrogens with zero attached hydrogens (tertiary/aromatic N) is 3. The lowest BCUT2D eigenvalue weighted by Gasteiger charge is -2.18. The summed E-state index contributed by atoms with van der Waals surface area (Å²) in [6.45, 7) is 10.6. The first-order valence-electron chi connectivity index (χ1n) is 7.06. The summed E-state index contributed by atoms with van der Waals surface area (Å²) in [5.41, 5.74) is 1.30. The van der Waals surface area contributed by atoms with E-state index in [4.69, 9.17) is 0 Å². The third-order valence-electron chi connectivity index (χ3n) is 3.31. The van der Waals surface area contributed by atoms with Crippen LogP contribution in [0.1, 0.15) is 36.1 Å². The van der Waals surface area contributed by atoms with Crippen molar-refractivity contribution in [1.82, 2.24) is 14.7 Å². The molecule has 4 heteroatoms. The highest BCUT2D eigenvalue weighted by Gasteiger charge is 2.08. The zero-order chi connectivity index (χ0) is 13.7. The lowest BCUT2D eigenvalue weighted by Crippen LogP contribution is -2.21. The molecule has 0 unspecified atom stereocenters. The maximum absolute atomic E-state index is 4.34. The molecule has 2 heterocycles. The van der Waals surface area contributed by atoms with Crippen molar-refractivity contribution in [3.05, 3.63) is 39.8 Å². The van der Waals surface area contributed by atoms with Gasteiger partial charge in [-0.2, -0.15) is 5.10 Å². The summed E-state index contributed by atoms with van der Waals surface area (Å²) in [6.07, 6.45) is 5.27. The molecule has 2 rings (SSSR count). The smallest absolute Gasteiger partial charge is 0.0534 e. The summed E-state index contributed by atoms with van der Waals surface area (Å²) in [5.74, 6) is 0. The van der Waals surface area contributed by atoms with Gasteiger partial charge in [0.25, 0.3) is 0 Å². The van der Waals surface area contributed by atoms with Crippen LogP contribution >= 0.6 is 11.3 Å². The predicted molar refractivity (Wildman–Crippen MR) is 81.4 cm³/mol. The largest absolute Gasteiger partial charge is 0.294 e. The van der Waals surface area contributed by atoms with Crippen molar-refractivity contribution in [2.75, 3.05) is 6.54 Å². The minimum Gasteiger partial charge on any atom is -0.294 e. The van der Waals surface area contributed by atoms with Gasteiger partial charge in [0.2, 0.25) is 0 Å². The molecule has 0 radical (unpaired) electrons. The van der Waals surface area contributed by atoms with E-state index in [2.05, 4.69) is 49.1 Å². The molecule has 0 fully saturated rings. The van der Waals surface area contributed by atoms with Crippen LogP contribution in [0.5, 0.6) is 0 Å². The van der Waals surface area contributed by atoms with Gasteiger partial charge >= 0.3 is 0 Å². The van der Waals surface area contributed by atoms with E-state index >= 15 is 0 Å². The molecule has 0 N–H and O–H groups in total. The van der Waals surface area contributed by atoms with E-state index in [0.29, 0.717) is 0 Å². The molecule has 0 aliphatic rings. The Kier molecular flexibility index (Phi) is 5.16. The Bertz CT molecular complexity index is 457. The molecule has 2 aromatic rings. The molecule has 0 aromatic carbocycles. The van der Waals surface area contributed by atoms with Gasteiger partial charge in [0.1, 0.15) is 0 Å². The van der Waals surface area contributed by atoms with Gasteiger partial charge in [-0.15, -0.1) is 11.3 Å². The highest BCUT2D eigenvalue weighted by molar-refractivity contribution is 7.11. The van der Waals surface area contributed by atoms with Crippen LogP contribution in [0.25, 0.3) is 0 Å². The summed E-state index contributed by atoms with van der Waals surface area (Å²) in [6, 6.07) is 4.52. The van der Waals surface area contributed by atoms with Crippen LogP contribution in [0.3, 0.4) is 0 Å². The lowest BCUT2D eigenvalue weighted by atomic mass is 10.3. The van der Waals surface area contributed by atoms with Crippen molar-refractivity contribution >= 4 is 11.3 Å². The normalized spacial score (nSPS) is 11.4. The fourth-order valence-electron chi connectivity index (χ4n) is 2.12. The van der Waals surface area contributed by atoms with Gasteiger partial charge in [0.05, 0.1) is 6.20 Å². The monoisotopic (exact) mass is 277 g/mol. The Morgan fingerprint density at radius 2 is 1.95 bits per heavy atom. The molecule has 104 valence electrons. The van der Waals surface area contributed by atoms with Crippen molar-refractivity contribution in [3.63, 3.8) is 0 Å². The first-order chi connectivity index (χ1) is 9.25. The molecule has 0 atom stereocenters. The summed E-state index contributed by atoms with van der Waals surface area (Å²) < 4.78 is 1.99. The van der Waals surface area contributed by atoms with Gasteiger partial charge in [-0.25, -0.2) is 0 Å². The Morgan fingerprint density at radius 1 is 1.16 bits per heavy atom. The van der Waals surface area contributed by atoms with Crippen LogP contribution in [-0.4, -0.2) is 21.2 Å². The van der Waals surface area contributed by atoms with E-state index in [-0.39, 0.29) is 0 Å². The van der Waals surface area contributed by atoms with Gasteiger partial charge in [-0.3, -0.25) is 9.58 Å². The predicted octanol–water partition coefficient (Wildman–Crippen LogP) is 3.55. The number of hydrogen-bond donors (Lipinski definition) is 0. The molecule has 0 aliphatic heterocycles. The molecule has 0 aliphatic carbocycles. The summed E-state index contributed by atoms with van der Waals surface area (Å²) in [4.78, 5) is 5.40. The molecular weight excluding hydrogens is 254 g/mol. The van der Waals surface area contributed by atoms with E-state index in [0.717, 1.165) is 32.6 Å². The number of thiophene rings is 1. The topological polar surface area (TPSA) is 21.1 Å². The Morgan fingerprint density at radius 3 is 2.53 bits per heavy atom. The van der Waals surface area contributed by atoms with E-state index in [1.807, 2.05) is 22.2 Å². The van der Waals surface area contributed by atoms with E-state index < -0.39 is 0 Å². The van der Waals surface area contributed by atoms with Gasteiger partial charge < -0.3 is 0 Å². The quantitative estimate of drug-likeness (QED) is 0.771. The lowest BCUT2D eigenvalue weighted by molar-refractivity contribution is 0.274. The summed E-state index contributed by atoms with van der Waals surface area (Å²) in [7, 11) is 0. The maximum Gasteiger partial charge on any atom is 0.0534 e. The summed E-state index contributed by atoms with van der Waals surface area (Å²) >= 11 is 1.93. The molecule has 3 nitrogen and oxygen atoms in total. The zero-order valence-corrected chi connectivity index (χ0v) is 12.9. The van der Waals surface area contributed by atoms with Crippen molar-refractivity contribution in [2.24, 2.45) is 0 Å².